The van der Waals surface area contributed by atoms with Crippen molar-refractivity contribution in [2.45, 2.75) is 39.5 Å². The van der Waals surface area contributed by atoms with Gasteiger partial charge in [-0.3, -0.25) is 0 Å². The van der Waals surface area contributed by atoms with Gasteiger partial charge in [0.25, 0.3) is 0 Å². The second kappa shape index (κ2) is 9.71. The minimum atomic E-state index is -0.287. The summed E-state index contributed by atoms with van der Waals surface area (Å²) in [4.78, 5) is 11.0. The fraction of sp³-hybridized carbons (Fsp3) is 0.750. The van der Waals surface area contributed by atoms with Crippen molar-refractivity contribution in [3.63, 3.8) is 0 Å². The molecule has 0 heterocycles. The van der Waals surface area contributed by atoms with Gasteiger partial charge in [-0.05, 0) is 19.4 Å². The molecule has 0 fully saturated rings. The van der Waals surface area contributed by atoms with Crippen molar-refractivity contribution in [3.8, 4) is 0 Å². The van der Waals surface area contributed by atoms with Crippen LogP contribution in [0, 0.1) is 0 Å². The van der Waals surface area contributed by atoms with Crippen LogP contribution < -0.4 is 0 Å². The molecule has 0 radical (unpaired) electrons. The summed E-state index contributed by atoms with van der Waals surface area (Å²) >= 11 is 0. The molecule has 88 valence electrons. The van der Waals surface area contributed by atoms with E-state index < -0.39 is 0 Å². The van der Waals surface area contributed by atoms with Gasteiger partial charge in [0.1, 0.15) is 0 Å². The second-order valence-electron chi connectivity index (χ2n) is 3.51. The third-order valence-electron chi connectivity index (χ3n) is 2.16. The van der Waals surface area contributed by atoms with Crippen molar-refractivity contribution in [2.75, 3.05) is 20.3 Å². The Morgan fingerprint density at radius 3 is 2.60 bits per heavy atom. The monoisotopic (exact) mass is 214 g/mol. The van der Waals surface area contributed by atoms with Crippen LogP contribution >= 0.6 is 0 Å². The molecule has 0 saturated heterocycles. The lowest BCUT2D eigenvalue weighted by atomic mass is 10.2. The Bertz CT molecular complexity index is 197. The topological polar surface area (TPSA) is 35.5 Å². The van der Waals surface area contributed by atoms with Crippen molar-refractivity contribution in [2.24, 2.45) is 0 Å². The Morgan fingerprint density at radius 1 is 1.27 bits per heavy atom. The zero-order chi connectivity index (χ0) is 11.5. The van der Waals surface area contributed by atoms with E-state index >= 15 is 0 Å². The molecular formula is C12H22O3. The van der Waals surface area contributed by atoms with Crippen LogP contribution in [0.2, 0.25) is 0 Å². The molecule has 0 aliphatic carbocycles. The number of esters is 1. The molecule has 0 rings (SSSR count). The number of unbranched alkanes of at least 4 members (excludes halogenated alkanes) is 3. The van der Waals surface area contributed by atoms with E-state index in [9.17, 15) is 4.79 Å². The Labute approximate surface area is 92.5 Å². The lowest BCUT2D eigenvalue weighted by Gasteiger charge is -2.02. The second-order valence-corrected chi connectivity index (χ2v) is 3.51. The van der Waals surface area contributed by atoms with Crippen molar-refractivity contribution in [1.29, 1.82) is 0 Å². The van der Waals surface area contributed by atoms with Gasteiger partial charge in [0.2, 0.25) is 0 Å². The van der Waals surface area contributed by atoms with Gasteiger partial charge >= 0.3 is 5.97 Å². The number of hydrogen-bond donors (Lipinski definition) is 0. The zero-order valence-electron chi connectivity index (χ0n) is 10.0. The van der Waals surface area contributed by atoms with Gasteiger partial charge in [-0.1, -0.05) is 26.2 Å². The highest BCUT2D eigenvalue weighted by atomic mass is 16.5. The fourth-order valence-electron chi connectivity index (χ4n) is 1.14. The number of methoxy groups -OCH3 is 1. The predicted octanol–water partition coefficient (Wildman–Crippen LogP) is 2.70. The Morgan fingerprint density at radius 2 is 2.00 bits per heavy atom. The van der Waals surface area contributed by atoms with Crippen LogP contribution in [0.25, 0.3) is 0 Å². The first-order valence-corrected chi connectivity index (χ1v) is 5.55. The van der Waals surface area contributed by atoms with E-state index in [2.05, 4.69) is 11.7 Å². The number of ether oxygens (including phenoxy) is 2. The first-order valence-electron chi connectivity index (χ1n) is 5.55. The van der Waals surface area contributed by atoms with Crippen LogP contribution in [0.1, 0.15) is 39.5 Å². The van der Waals surface area contributed by atoms with E-state index in [0.717, 1.165) is 13.0 Å². The van der Waals surface area contributed by atoms with Crippen LogP contribution in [0.5, 0.6) is 0 Å². The highest BCUT2D eigenvalue weighted by Crippen LogP contribution is 2.00. The van der Waals surface area contributed by atoms with Gasteiger partial charge in [0.05, 0.1) is 13.7 Å². The van der Waals surface area contributed by atoms with Crippen LogP contribution in [0.3, 0.4) is 0 Å². The number of hydrogen-bond acceptors (Lipinski definition) is 3. The average Bonchev–Trinajstić information content (AvgIpc) is 2.26. The summed E-state index contributed by atoms with van der Waals surface area (Å²) in [6.07, 6.45) is 6.57. The smallest absolute Gasteiger partial charge is 0.333 e. The molecule has 15 heavy (non-hydrogen) atoms. The molecule has 0 aromatic rings. The summed E-state index contributed by atoms with van der Waals surface area (Å²) in [7, 11) is 1.38. The average molecular weight is 214 g/mol. The number of carbonyl (C=O) groups excluding carboxylic acids is 1. The van der Waals surface area contributed by atoms with E-state index in [1.54, 1.807) is 13.0 Å². The summed E-state index contributed by atoms with van der Waals surface area (Å²) in [5, 5.41) is 0. The van der Waals surface area contributed by atoms with E-state index in [1.165, 1.54) is 26.4 Å². The SMILES string of the molecule is CCCCCCOCC=C(C)C(=O)OC. The molecule has 3 nitrogen and oxygen atoms in total. The highest BCUT2D eigenvalue weighted by molar-refractivity contribution is 5.87. The van der Waals surface area contributed by atoms with Crippen LogP contribution in [-0.2, 0) is 14.3 Å². The minimum absolute atomic E-state index is 0.287. The summed E-state index contributed by atoms with van der Waals surface area (Å²) in [5.41, 5.74) is 0.603. The van der Waals surface area contributed by atoms with Gasteiger partial charge in [-0.25, -0.2) is 4.79 Å². The molecule has 0 spiro atoms. The quantitative estimate of drug-likeness (QED) is 0.354. The molecule has 0 bridgehead atoms. The summed E-state index contributed by atoms with van der Waals surface area (Å²) in [6.45, 7) is 5.17. The third kappa shape index (κ3) is 8.18. The molecule has 0 saturated carbocycles. The molecule has 0 N–H and O–H groups in total. The van der Waals surface area contributed by atoms with E-state index in [1.807, 2.05) is 0 Å². The highest BCUT2D eigenvalue weighted by Gasteiger charge is 2.00. The number of rotatable bonds is 8. The fourth-order valence-corrected chi connectivity index (χ4v) is 1.14. The Balaban J connectivity index is 3.40. The molecule has 0 aromatic carbocycles. The summed E-state index contributed by atoms with van der Waals surface area (Å²) in [5.74, 6) is -0.287. The third-order valence-corrected chi connectivity index (χ3v) is 2.16. The van der Waals surface area contributed by atoms with Crippen molar-refractivity contribution >= 4 is 5.97 Å². The predicted molar refractivity (Wildman–Crippen MR) is 60.7 cm³/mol. The zero-order valence-corrected chi connectivity index (χ0v) is 10.0. The summed E-state index contributed by atoms with van der Waals surface area (Å²) in [6, 6.07) is 0. The first-order chi connectivity index (χ1) is 7.22. The van der Waals surface area contributed by atoms with E-state index in [4.69, 9.17) is 4.74 Å². The normalized spacial score (nSPS) is 11.5. The van der Waals surface area contributed by atoms with Crippen LogP contribution in [0.15, 0.2) is 11.6 Å². The molecular weight excluding hydrogens is 192 g/mol. The maximum absolute atomic E-state index is 11.0. The lowest BCUT2D eigenvalue weighted by Crippen LogP contribution is -2.03. The standard InChI is InChI=1S/C12H22O3/c1-4-5-6-7-9-15-10-8-11(2)12(13)14-3/h8H,4-7,9-10H2,1-3H3. The molecule has 0 amide bonds. The molecule has 0 aliphatic rings. The molecule has 0 atom stereocenters. The van der Waals surface area contributed by atoms with E-state index in [0.29, 0.717) is 12.2 Å². The van der Waals surface area contributed by atoms with Crippen LogP contribution in [0.4, 0.5) is 0 Å². The van der Waals surface area contributed by atoms with Gasteiger partial charge in [-0.2, -0.15) is 0 Å². The largest absolute Gasteiger partial charge is 0.466 e. The first kappa shape index (κ1) is 14.2. The minimum Gasteiger partial charge on any atom is -0.466 e. The Kier molecular flexibility index (Phi) is 9.18. The van der Waals surface area contributed by atoms with Gasteiger partial charge < -0.3 is 9.47 Å². The van der Waals surface area contributed by atoms with Crippen molar-refractivity contribution in [1.82, 2.24) is 0 Å². The lowest BCUT2D eigenvalue weighted by molar-refractivity contribution is -0.136. The maximum atomic E-state index is 11.0. The molecule has 0 unspecified atom stereocenters. The molecule has 0 aliphatic heterocycles. The van der Waals surface area contributed by atoms with E-state index in [-0.39, 0.29) is 5.97 Å². The van der Waals surface area contributed by atoms with Gasteiger partial charge in [-0.15, -0.1) is 0 Å². The van der Waals surface area contributed by atoms with Crippen LogP contribution in [-0.4, -0.2) is 26.3 Å². The van der Waals surface area contributed by atoms with Gasteiger partial charge in [0.15, 0.2) is 0 Å². The molecule has 3 heteroatoms. The maximum Gasteiger partial charge on any atom is 0.333 e. The number of carbonyl (C=O) groups is 1. The van der Waals surface area contributed by atoms with Crippen molar-refractivity contribution in [3.05, 3.63) is 11.6 Å². The Hall–Kier alpha value is -0.830. The molecule has 0 aromatic heterocycles. The summed E-state index contributed by atoms with van der Waals surface area (Å²) < 4.78 is 9.92. The van der Waals surface area contributed by atoms with Crippen molar-refractivity contribution < 1.29 is 14.3 Å². The van der Waals surface area contributed by atoms with Gasteiger partial charge in [0, 0.05) is 12.2 Å².